The first kappa shape index (κ1) is 22.1. The number of aromatic nitrogens is 1. The minimum Gasteiger partial charge on any atom is -0.493 e. The number of thiazole rings is 1. The van der Waals surface area contributed by atoms with Crippen molar-refractivity contribution in [3.8, 4) is 23.0 Å². The third-order valence-corrected chi connectivity index (χ3v) is 6.39. The molecule has 2 heterocycles. The van der Waals surface area contributed by atoms with Crippen LogP contribution in [0.4, 0.5) is 5.13 Å². The fourth-order valence-corrected chi connectivity index (χ4v) is 4.71. The number of halogens is 1. The van der Waals surface area contributed by atoms with Crippen molar-refractivity contribution in [1.82, 2.24) is 4.98 Å². The Bertz CT molecular complexity index is 1430. The summed E-state index contributed by atoms with van der Waals surface area (Å²) in [5, 5.41) is 4.00. The molecular weight excluding hydrogens is 476 g/mol. The van der Waals surface area contributed by atoms with E-state index in [1.165, 1.54) is 11.3 Å². The maximum atomic E-state index is 13.5. The van der Waals surface area contributed by atoms with Gasteiger partial charge < -0.3 is 18.9 Å². The number of nitrogens with one attached hydrogen (secondary N) is 1. The normalized spacial score (nSPS) is 12.6. The first-order valence-corrected chi connectivity index (χ1v) is 11.4. The SMILES string of the molecule is COc1ccc(/C(=C\c2ccc3c(c2)OCO3)C(=O)Nc2nc3ccc(Cl)cc3s2)cc1OC. The van der Waals surface area contributed by atoms with E-state index in [9.17, 15) is 4.79 Å². The average Bonchev–Trinajstić information content (AvgIpc) is 3.47. The number of methoxy groups -OCH3 is 2. The second-order valence-corrected chi connectivity index (χ2v) is 8.79. The van der Waals surface area contributed by atoms with Crippen molar-refractivity contribution in [3.05, 3.63) is 70.7 Å². The maximum absolute atomic E-state index is 13.5. The Labute approximate surface area is 204 Å². The molecule has 0 saturated carbocycles. The lowest BCUT2D eigenvalue weighted by atomic mass is 10.0. The van der Waals surface area contributed by atoms with Crippen LogP contribution in [0, 0.1) is 0 Å². The number of amides is 1. The molecule has 1 amide bonds. The van der Waals surface area contributed by atoms with Crippen LogP contribution in [-0.4, -0.2) is 31.9 Å². The van der Waals surface area contributed by atoms with Crippen LogP contribution in [-0.2, 0) is 4.79 Å². The van der Waals surface area contributed by atoms with E-state index in [1.54, 1.807) is 44.6 Å². The van der Waals surface area contributed by atoms with Crippen LogP contribution in [0.5, 0.6) is 23.0 Å². The van der Waals surface area contributed by atoms with Gasteiger partial charge in [-0.2, -0.15) is 0 Å². The second-order valence-electron chi connectivity index (χ2n) is 7.33. The molecular formula is C25H19ClN2O5S. The van der Waals surface area contributed by atoms with Gasteiger partial charge in [-0.3, -0.25) is 10.1 Å². The zero-order valence-electron chi connectivity index (χ0n) is 18.3. The first-order chi connectivity index (χ1) is 16.5. The van der Waals surface area contributed by atoms with Crippen LogP contribution < -0.4 is 24.3 Å². The van der Waals surface area contributed by atoms with Crippen molar-refractivity contribution in [1.29, 1.82) is 0 Å². The lowest BCUT2D eigenvalue weighted by Crippen LogP contribution is -2.13. The van der Waals surface area contributed by atoms with Crippen LogP contribution in [0.15, 0.2) is 54.6 Å². The Morgan fingerprint density at radius 2 is 1.85 bits per heavy atom. The third kappa shape index (κ3) is 4.37. The molecule has 0 fully saturated rings. The van der Waals surface area contributed by atoms with E-state index < -0.39 is 0 Å². The first-order valence-electron chi connectivity index (χ1n) is 10.3. The number of rotatable bonds is 6. The van der Waals surface area contributed by atoms with E-state index >= 15 is 0 Å². The highest BCUT2D eigenvalue weighted by molar-refractivity contribution is 7.22. The smallest absolute Gasteiger partial charge is 0.258 e. The molecule has 0 radical (unpaired) electrons. The van der Waals surface area contributed by atoms with Gasteiger partial charge in [-0.05, 0) is 59.7 Å². The van der Waals surface area contributed by atoms with E-state index in [2.05, 4.69) is 10.3 Å². The van der Waals surface area contributed by atoms with Gasteiger partial charge in [0, 0.05) is 10.6 Å². The molecule has 3 aromatic carbocycles. The standard InChI is InChI=1S/C25H19ClN2O5S/c1-30-19-8-4-15(11-21(19)31-2)17(9-14-3-7-20-22(10-14)33-13-32-20)24(29)28-25-27-18-6-5-16(26)12-23(18)34-25/h3-12H,13H2,1-2H3,(H,27,28,29)/b17-9+. The number of carbonyl (C=O) groups is 1. The topological polar surface area (TPSA) is 78.9 Å². The quantitative estimate of drug-likeness (QED) is 0.266. The summed E-state index contributed by atoms with van der Waals surface area (Å²) in [7, 11) is 3.11. The molecule has 1 aliphatic rings. The van der Waals surface area contributed by atoms with Crippen molar-refractivity contribution in [3.63, 3.8) is 0 Å². The molecule has 0 aliphatic carbocycles. The van der Waals surface area contributed by atoms with Crippen LogP contribution >= 0.6 is 22.9 Å². The number of ether oxygens (including phenoxy) is 4. The van der Waals surface area contributed by atoms with E-state index in [0.29, 0.717) is 44.3 Å². The van der Waals surface area contributed by atoms with Gasteiger partial charge >= 0.3 is 0 Å². The number of carbonyl (C=O) groups excluding carboxylic acids is 1. The summed E-state index contributed by atoms with van der Waals surface area (Å²) in [5.41, 5.74) is 2.60. The summed E-state index contributed by atoms with van der Waals surface area (Å²) in [6.45, 7) is 0.174. The predicted molar refractivity (Wildman–Crippen MR) is 133 cm³/mol. The van der Waals surface area contributed by atoms with Gasteiger partial charge in [0.25, 0.3) is 5.91 Å². The fraction of sp³-hybridized carbons (Fsp3) is 0.120. The Hall–Kier alpha value is -3.75. The summed E-state index contributed by atoms with van der Waals surface area (Å²) >= 11 is 7.44. The van der Waals surface area contributed by atoms with Crippen LogP contribution in [0.3, 0.4) is 0 Å². The highest BCUT2D eigenvalue weighted by atomic mass is 35.5. The van der Waals surface area contributed by atoms with Crippen LogP contribution in [0.1, 0.15) is 11.1 Å². The van der Waals surface area contributed by atoms with E-state index in [0.717, 1.165) is 15.8 Å². The molecule has 0 unspecified atom stereocenters. The molecule has 7 nitrogen and oxygen atoms in total. The Kier molecular flexibility index (Phi) is 6.00. The van der Waals surface area contributed by atoms with Gasteiger partial charge in [0.15, 0.2) is 28.1 Å². The molecule has 9 heteroatoms. The van der Waals surface area contributed by atoms with Gasteiger partial charge in [-0.1, -0.05) is 35.1 Å². The second kappa shape index (κ2) is 9.24. The highest BCUT2D eigenvalue weighted by Crippen LogP contribution is 2.36. The Morgan fingerprint density at radius 3 is 2.68 bits per heavy atom. The van der Waals surface area contributed by atoms with E-state index in [-0.39, 0.29) is 12.7 Å². The molecule has 172 valence electrons. The summed E-state index contributed by atoms with van der Waals surface area (Å²) in [5.74, 6) is 2.05. The number of anilines is 1. The minimum absolute atomic E-state index is 0.174. The molecule has 34 heavy (non-hydrogen) atoms. The van der Waals surface area contributed by atoms with Gasteiger partial charge in [0.05, 0.1) is 24.4 Å². The highest BCUT2D eigenvalue weighted by Gasteiger charge is 2.19. The van der Waals surface area contributed by atoms with Gasteiger partial charge in [0.1, 0.15) is 0 Å². The Morgan fingerprint density at radius 1 is 1.03 bits per heavy atom. The van der Waals surface area contributed by atoms with Gasteiger partial charge in [0.2, 0.25) is 6.79 Å². The lowest BCUT2D eigenvalue weighted by molar-refractivity contribution is -0.111. The number of hydrogen-bond acceptors (Lipinski definition) is 7. The minimum atomic E-state index is -0.324. The molecule has 1 aliphatic heterocycles. The summed E-state index contributed by atoms with van der Waals surface area (Å²) in [6, 6.07) is 16.2. The Balaban J connectivity index is 1.54. The average molecular weight is 495 g/mol. The monoisotopic (exact) mass is 494 g/mol. The molecule has 1 aromatic heterocycles. The van der Waals surface area contributed by atoms with E-state index in [1.807, 2.05) is 30.3 Å². The number of fused-ring (bicyclic) bond motifs is 2. The fourth-order valence-electron chi connectivity index (χ4n) is 3.57. The summed E-state index contributed by atoms with van der Waals surface area (Å²) < 4.78 is 22.6. The molecule has 0 bridgehead atoms. The zero-order chi connectivity index (χ0) is 23.7. The third-order valence-electron chi connectivity index (χ3n) is 5.22. The maximum Gasteiger partial charge on any atom is 0.258 e. The van der Waals surface area contributed by atoms with Crippen molar-refractivity contribution >= 4 is 55.8 Å². The van der Waals surface area contributed by atoms with Crippen molar-refractivity contribution in [2.45, 2.75) is 0 Å². The number of nitrogens with zero attached hydrogens (tertiary/aromatic N) is 1. The number of hydrogen-bond donors (Lipinski definition) is 1. The van der Waals surface area contributed by atoms with Gasteiger partial charge in [-0.15, -0.1) is 0 Å². The lowest BCUT2D eigenvalue weighted by Gasteiger charge is -2.12. The van der Waals surface area contributed by atoms with Crippen LogP contribution in [0.2, 0.25) is 5.02 Å². The van der Waals surface area contributed by atoms with Crippen molar-refractivity contribution in [2.24, 2.45) is 0 Å². The molecule has 0 saturated heterocycles. The molecule has 1 N–H and O–H groups in total. The molecule has 4 aromatic rings. The predicted octanol–water partition coefficient (Wildman–Crippen LogP) is 5.87. The zero-order valence-corrected chi connectivity index (χ0v) is 19.8. The summed E-state index contributed by atoms with van der Waals surface area (Å²) in [4.78, 5) is 18.0. The largest absolute Gasteiger partial charge is 0.493 e. The summed E-state index contributed by atoms with van der Waals surface area (Å²) in [6.07, 6.45) is 1.78. The van der Waals surface area contributed by atoms with Crippen molar-refractivity contribution < 1.29 is 23.7 Å². The van der Waals surface area contributed by atoms with Crippen LogP contribution in [0.25, 0.3) is 21.9 Å². The molecule has 0 spiro atoms. The number of benzene rings is 3. The molecule has 0 atom stereocenters. The van der Waals surface area contributed by atoms with Crippen molar-refractivity contribution in [2.75, 3.05) is 26.3 Å². The molecule has 5 rings (SSSR count). The van der Waals surface area contributed by atoms with E-state index in [4.69, 9.17) is 30.5 Å². The van der Waals surface area contributed by atoms with Gasteiger partial charge in [-0.25, -0.2) is 4.98 Å².